The summed E-state index contributed by atoms with van der Waals surface area (Å²) in [5, 5.41) is 0. The first-order valence-electron chi connectivity index (χ1n) is 7.59. The third kappa shape index (κ3) is 2.74. The standard InChI is InChI=1S/C20H17NO3/c1-14-18(20(23)24-2)19(22)17(13-15-9-5-3-6-10-15)21(14)16-11-7-4-8-12-16/h3-13H,1-2H3/b17-13+. The van der Waals surface area contributed by atoms with Crippen LogP contribution < -0.4 is 4.90 Å². The van der Waals surface area contributed by atoms with Gasteiger partial charge in [-0.1, -0.05) is 48.5 Å². The van der Waals surface area contributed by atoms with Gasteiger partial charge in [-0.15, -0.1) is 0 Å². The first-order chi connectivity index (χ1) is 11.6. The van der Waals surface area contributed by atoms with E-state index in [0.29, 0.717) is 11.4 Å². The van der Waals surface area contributed by atoms with Gasteiger partial charge in [-0.2, -0.15) is 0 Å². The van der Waals surface area contributed by atoms with Gasteiger partial charge in [-0.3, -0.25) is 4.79 Å². The number of methoxy groups -OCH3 is 1. The number of nitrogens with zero attached hydrogens (tertiary/aromatic N) is 1. The fraction of sp³-hybridized carbons (Fsp3) is 0.100. The van der Waals surface area contributed by atoms with Crippen molar-refractivity contribution in [3.05, 3.63) is 83.2 Å². The average molecular weight is 319 g/mol. The van der Waals surface area contributed by atoms with Crippen LogP contribution in [0, 0.1) is 0 Å². The van der Waals surface area contributed by atoms with E-state index in [4.69, 9.17) is 4.74 Å². The molecule has 0 aromatic heterocycles. The fourth-order valence-electron chi connectivity index (χ4n) is 2.78. The summed E-state index contributed by atoms with van der Waals surface area (Å²) in [6, 6.07) is 19.0. The van der Waals surface area contributed by atoms with Crippen LogP contribution in [0.2, 0.25) is 0 Å². The lowest BCUT2D eigenvalue weighted by molar-refractivity contribution is -0.137. The second-order valence-corrected chi connectivity index (χ2v) is 5.39. The van der Waals surface area contributed by atoms with Crippen molar-refractivity contribution < 1.29 is 14.3 Å². The number of Topliss-reactive ketones (excluding diaryl/α,β-unsaturated/α-hetero) is 1. The lowest BCUT2D eigenvalue weighted by Crippen LogP contribution is -2.18. The predicted molar refractivity (Wildman–Crippen MR) is 93.1 cm³/mol. The molecule has 24 heavy (non-hydrogen) atoms. The molecule has 0 radical (unpaired) electrons. The zero-order valence-corrected chi connectivity index (χ0v) is 13.5. The molecule has 0 bridgehead atoms. The molecule has 0 atom stereocenters. The van der Waals surface area contributed by atoms with Crippen molar-refractivity contribution in [2.24, 2.45) is 0 Å². The van der Waals surface area contributed by atoms with E-state index in [1.54, 1.807) is 17.9 Å². The number of benzene rings is 2. The van der Waals surface area contributed by atoms with E-state index >= 15 is 0 Å². The van der Waals surface area contributed by atoms with Crippen molar-refractivity contribution >= 4 is 23.5 Å². The van der Waals surface area contributed by atoms with Crippen molar-refractivity contribution in [2.45, 2.75) is 6.92 Å². The third-order valence-electron chi connectivity index (χ3n) is 3.90. The Hall–Kier alpha value is -3.14. The lowest BCUT2D eigenvalue weighted by atomic mass is 10.1. The second-order valence-electron chi connectivity index (χ2n) is 5.39. The number of ketones is 1. The van der Waals surface area contributed by atoms with E-state index in [1.165, 1.54) is 7.11 Å². The van der Waals surface area contributed by atoms with E-state index in [2.05, 4.69) is 0 Å². The minimum atomic E-state index is -0.616. The quantitative estimate of drug-likeness (QED) is 0.493. The molecule has 1 heterocycles. The first kappa shape index (κ1) is 15.7. The van der Waals surface area contributed by atoms with Gasteiger partial charge in [-0.05, 0) is 30.7 Å². The fourth-order valence-corrected chi connectivity index (χ4v) is 2.78. The van der Waals surface area contributed by atoms with Crippen LogP contribution in [0.1, 0.15) is 12.5 Å². The minimum absolute atomic E-state index is 0.0727. The number of ether oxygens (including phenoxy) is 1. The zero-order chi connectivity index (χ0) is 17.1. The average Bonchev–Trinajstić information content (AvgIpc) is 2.86. The Labute approximate surface area is 140 Å². The maximum Gasteiger partial charge on any atom is 0.343 e. The number of hydrogen-bond acceptors (Lipinski definition) is 4. The van der Waals surface area contributed by atoms with Gasteiger partial charge in [0.05, 0.1) is 12.8 Å². The van der Waals surface area contributed by atoms with E-state index in [1.807, 2.05) is 60.7 Å². The number of anilines is 1. The molecule has 0 saturated heterocycles. The topological polar surface area (TPSA) is 46.6 Å². The molecular formula is C20H17NO3. The van der Waals surface area contributed by atoms with E-state index in [0.717, 1.165) is 11.3 Å². The summed E-state index contributed by atoms with van der Waals surface area (Å²) in [5.41, 5.74) is 2.79. The molecule has 0 N–H and O–H groups in total. The Morgan fingerprint density at radius 3 is 2.17 bits per heavy atom. The smallest absolute Gasteiger partial charge is 0.343 e. The molecule has 1 aliphatic rings. The first-order valence-corrected chi connectivity index (χ1v) is 7.59. The summed E-state index contributed by atoms with van der Waals surface area (Å²) in [6.45, 7) is 1.75. The number of rotatable bonds is 3. The van der Waals surface area contributed by atoms with E-state index in [-0.39, 0.29) is 11.4 Å². The molecule has 0 fully saturated rings. The van der Waals surface area contributed by atoms with Gasteiger partial charge >= 0.3 is 5.97 Å². The molecule has 3 rings (SSSR count). The van der Waals surface area contributed by atoms with E-state index in [9.17, 15) is 9.59 Å². The molecule has 0 aliphatic carbocycles. The number of para-hydroxylation sites is 1. The highest BCUT2D eigenvalue weighted by Gasteiger charge is 2.38. The summed E-state index contributed by atoms with van der Waals surface area (Å²) < 4.78 is 4.79. The van der Waals surface area contributed by atoms with Gasteiger partial charge in [0.15, 0.2) is 0 Å². The van der Waals surface area contributed by atoms with Crippen molar-refractivity contribution in [2.75, 3.05) is 12.0 Å². The molecule has 2 aromatic carbocycles. The molecule has 4 nitrogen and oxygen atoms in total. The molecule has 120 valence electrons. The van der Waals surface area contributed by atoms with Crippen molar-refractivity contribution in [3.63, 3.8) is 0 Å². The summed E-state index contributed by atoms with van der Waals surface area (Å²) in [7, 11) is 1.28. The van der Waals surface area contributed by atoms with Crippen LogP contribution in [0.15, 0.2) is 77.6 Å². The Morgan fingerprint density at radius 2 is 1.58 bits per heavy atom. The lowest BCUT2D eigenvalue weighted by Gasteiger charge is -2.21. The molecule has 0 unspecified atom stereocenters. The Bertz CT molecular complexity index is 836. The van der Waals surface area contributed by atoms with Gasteiger partial charge in [0, 0.05) is 11.4 Å². The van der Waals surface area contributed by atoms with Gasteiger partial charge < -0.3 is 9.64 Å². The van der Waals surface area contributed by atoms with Gasteiger partial charge in [0.25, 0.3) is 0 Å². The molecule has 0 saturated carbocycles. The maximum atomic E-state index is 12.8. The van der Waals surface area contributed by atoms with E-state index < -0.39 is 5.97 Å². The van der Waals surface area contributed by atoms with Crippen molar-refractivity contribution in [1.82, 2.24) is 0 Å². The molecule has 1 aliphatic heterocycles. The van der Waals surface area contributed by atoms with Crippen LogP contribution in [0.4, 0.5) is 5.69 Å². The van der Waals surface area contributed by atoms with Crippen LogP contribution >= 0.6 is 0 Å². The van der Waals surface area contributed by atoms with Crippen molar-refractivity contribution in [3.8, 4) is 0 Å². The number of esters is 1. The van der Waals surface area contributed by atoms with Crippen LogP contribution in [0.25, 0.3) is 6.08 Å². The Kier molecular flexibility index (Phi) is 4.29. The maximum absolute atomic E-state index is 12.8. The normalized spacial score (nSPS) is 16.0. The highest BCUT2D eigenvalue weighted by atomic mass is 16.5. The third-order valence-corrected chi connectivity index (χ3v) is 3.90. The molecule has 0 spiro atoms. The highest BCUT2D eigenvalue weighted by molar-refractivity contribution is 6.30. The molecule has 2 aromatic rings. The number of carbonyl (C=O) groups excluding carboxylic acids is 2. The highest BCUT2D eigenvalue weighted by Crippen LogP contribution is 2.35. The predicted octanol–water partition coefficient (Wildman–Crippen LogP) is 3.56. The summed E-state index contributed by atoms with van der Waals surface area (Å²) in [6.07, 6.45) is 1.79. The van der Waals surface area contributed by atoms with Gasteiger partial charge in [0.2, 0.25) is 5.78 Å². The Morgan fingerprint density at radius 1 is 1.00 bits per heavy atom. The summed E-state index contributed by atoms with van der Waals surface area (Å²) in [4.78, 5) is 26.7. The number of hydrogen-bond donors (Lipinski definition) is 0. The van der Waals surface area contributed by atoms with Gasteiger partial charge in [0.1, 0.15) is 5.57 Å². The molecule has 0 amide bonds. The largest absolute Gasteiger partial charge is 0.465 e. The van der Waals surface area contributed by atoms with Crippen LogP contribution in [0.5, 0.6) is 0 Å². The van der Waals surface area contributed by atoms with Crippen LogP contribution in [-0.4, -0.2) is 18.9 Å². The number of allylic oxidation sites excluding steroid dienone is 2. The van der Waals surface area contributed by atoms with Gasteiger partial charge in [-0.25, -0.2) is 4.79 Å². The molecular weight excluding hydrogens is 302 g/mol. The molecule has 4 heteroatoms. The van der Waals surface area contributed by atoms with Crippen LogP contribution in [0.3, 0.4) is 0 Å². The summed E-state index contributed by atoms with van der Waals surface area (Å²) in [5.74, 6) is -0.943. The number of carbonyl (C=O) groups is 2. The SMILES string of the molecule is COC(=O)C1=C(C)N(c2ccccc2)/C(=C/c2ccccc2)C1=O. The zero-order valence-electron chi connectivity index (χ0n) is 13.5. The monoisotopic (exact) mass is 319 g/mol. The Balaban J connectivity index is 2.15. The second kappa shape index (κ2) is 6.54. The van der Waals surface area contributed by atoms with Crippen LogP contribution in [-0.2, 0) is 14.3 Å². The van der Waals surface area contributed by atoms with Crippen molar-refractivity contribution in [1.29, 1.82) is 0 Å². The minimum Gasteiger partial charge on any atom is -0.465 e. The summed E-state index contributed by atoms with van der Waals surface area (Å²) >= 11 is 0.